The van der Waals surface area contributed by atoms with Gasteiger partial charge in [0.05, 0.1) is 21.8 Å². The molecule has 0 radical (unpaired) electrons. The molecule has 0 aliphatic carbocycles. The molecule has 0 spiro atoms. The number of rotatable bonds is 5. The Bertz CT molecular complexity index is 723. The quantitative estimate of drug-likeness (QED) is 0.666. The van der Waals surface area contributed by atoms with E-state index in [0.717, 1.165) is 17.3 Å². The lowest BCUT2D eigenvalue weighted by Gasteiger charge is -2.06. The van der Waals surface area contributed by atoms with Gasteiger partial charge in [-0.25, -0.2) is 9.37 Å². The highest BCUT2D eigenvalue weighted by atomic mass is 35.5. The summed E-state index contributed by atoms with van der Waals surface area (Å²) in [5.74, 6) is -1.56. The minimum atomic E-state index is -0.926. The molecule has 0 amide bonds. The first-order valence-corrected chi connectivity index (χ1v) is 7.58. The van der Waals surface area contributed by atoms with Crippen LogP contribution in [0, 0.1) is 5.82 Å². The maximum atomic E-state index is 13.5. The van der Waals surface area contributed by atoms with Crippen LogP contribution in [0.4, 0.5) is 4.39 Å². The number of aromatic nitrogens is 2. The molecule has 7 heteroatoms. The highest BCUT2D eigenvalue weighted by Gasteiger charge is 2.14. The lowest BCUT2D eigenvalue weighted by atomic mass is 10.3. The number of fused-ring (bicyclic) bond motifs is 1. The van der Waals surface area contributed by atoms with Crippen LogP contribution in [0.1, 0.15) is 13.8 Å². The predicted molar refractivity (Wildman–Crippen MR) is 82.5 cm³/mol. The van der Waals surface area contributed by atoms with Crippen molar-refractivity contribution in [1.29, 1.82) is 0 Å². The van der Waals surface area contributed by atoms with Crippen LogP contribution in [0.25, 0.3) is 11.0 Å². The molecule has 1 aromatic heterocycles. The average molecular weight is 329 g/mol. The molecule has 0 saturated heterocycles. The number of hydrogen-bond donors (Lipinski definition) is 1. The van der Waals surface area contributed by atoms with Gasteiger partial charge in [-0.3, -0.25) is 4.79 Å². The van der Waals surface area contributed by atoms with E-state index in [-0.39, 0.29) is 10.8 Å². The average Bonchev–Trinajstić information content (AvgIpc) is 2.71. The number of allylic oxidation sites excluding steroid dienone is 2. The third-order valence-electron chi connectivity index (χ3n) is 2.76. The predicted octanol–water partition coefficient (Wildman–Crippen LogP) is 3.97. The van der Waals surface area contributed by atoms with Crippen LogP contribution in [-0.4, -0.2) is 26.4 Å². The number of imidazole rings is 1. The maximum Gasteiger partial charge on any atom is 0.313 e. The third kappa shape index (κ3) is 3.77. The zero-order valence-corrected chi connectivity index (χ0v) is 13.1. The van der Waals surface area contributed by atoms with Gasteiger partial charge in [0.1, 0.15) is 5.82 Å². The summed E-state index contributed by atoms with van der Waals surface area (Å²) in [5, 5.41) is 9.35. The van der Waals surface area contributed by atoms with Crippen LogP contribution in [-0.2, 0) is 11.3 Å². The molecule has 0 fully saturated rings. The molecule has 0 aliphatic rings. The van der Waals surface area contributed by atoms with Crippen molar-refractivity contribution >= 4 is 40.4 Å². The van der Waals surface area contributed by atoms with E-state index in [1.54, 1.807) is 0 Å². The Morgan fingerprint density at radius 2 is 2.24 bits per heavy atom. The number of hydrogen-bond acceptors (Lipinski definition) is 3. The third-order valence-corrected chi connectivity index (χ3v) is 4.01. The molecule has 0 bridgehead atoms. The number of carbonyl (C=O) groups is 1. The van der Waals surface area contributed by atoms with E-state index in [9.17, 15) is 9.18 Å². The van der Waals surface area contributed by atoms with Gasteiger partial charge in [-0.1, -0.05) is 35.0 Å². The van der Waals surface area contributed by atoms with Gasteiger partial charge in [0.2, 0.25) is 0 Å². The second-order valence-electron chi connectivity index (χ2n) is 4.72. The number of thioether (sulfide) groups is 1. The molecule has 0 saturated carbocycles. The molecule has 0 aliphatic heterocycles. The summed E-state index contributed by atoms with van der Waals surface area (Å²) in [4.78, 5) is 15.0. The first-order valence-electron chi connectivity index (χ1n) is 6.21. The van der Waals surface area contributed by atoms with Gasteiger partial charge < -0.3 is 9.67 Å². The van der Waals surface area contributed by atoms with Crippen molar-refractivity contribution in [1.82, 2.24) is 9.55 Å². The van der Waals surface area contributed by atoms with E-state index < -0.39 is 11.8 Å². The van der Waals surface area contributed by atoms with Crippen molar-refractivity contribution in [3.63, 3.8) is 0 Å². The van der Waals surface area contributed by atoms with Gasteiger partial charge in [-0.15, -0.1) is 0 Å². The van der Waals surface area contributed by atoms with E-state index >= 15 is 0 Å². The number of halogens is 2. The van der Waals surface area contributed by atoms with Gasteiger partial charge in [-0.05, 0) is 19.9 Å². The van der Waals surface area contributed by atoms with E-state index in [1.165, 1.54) is 12.1 Å². The molecule has 2 aromatic rings. The molecule has 4 nitrogen and oxygen atoms in total. The topological polar surface area (TPSA) is 55.1 Å². The van der Waals surface area contributed by atoms with Crippen LogP contribution >= 0.6 is 23.4 Å². The van der Waals surface area contributed by atoms with Crippen molar-refractivity contribution < 1.29 is 14.3 Å². The van der Waals surface area contributed by atoms with E-state index in [1.807, 2.05) is 24.5 Å². The van der Waals surface area contributed by atoms with Crippen LogP contribution in [0.3, 0.4) is 0 Å². The molecule has 0 unspecified atom stereocenters. The molecular formula is C14H14ClFN2O2S. The Labute approximate surface area is 130 Å². The van der Waals surface area contributed by atoms with Crippen LogP contribution < -0.4 is 0 Å². The van der Waals surface area contributed by atoms with Gasteiger partial charge in [-0.2, -0.15) is 0 Å². The minimum absolute atomic E-state index is 0.0237. The largest absolute Gasteiger partial charge is 0.481 e. The minimum Gasteiger partial charge on any atom is -0.481 e. The number of aliphatic carboxylic acids is 1. The molecule has 21 heavy (non-hydrogen) atoms. The summed E-state index contributed by atoms with van der Waals surface area (Å²) in [5.41, 5.74) is 2.28. The summed E-state index contributed by atoms with van der Waals surface area (Å²) < 4.78 is 15.4. The van der Waals surface area contributed by atoms with E-state index in [2.05, 4.69) is 4.98 Å². The standard InChI is InChI=1S/C14H14ClFN2O2S/c1-8(2)3-4-18-12-5-9(15)10(16)6-11(12)17-14(18)21-7-13(19)20/h3,5-6H,4,7H2,1-2H3,(H,19,20). The Balaban J connectivity index is 2.51. The second-order valence-corrected chi connectivity index (χ2v) is 6.07. The molecular weight excluding hydrogens is 315 g/mol. The van der Waals surface area contributed by atoms with Crippen LogP contribution in [0.5, 0.6) is 0 Å². The summed E-state index contributed by atoms with van der Waals surface area (Å²) in [6.07, 6.45) is 1.99. The fraction of sp³-hybridized carbons (Fsp3) is 0.286. The summed E-state index contributed by atoms with van der Waals surface area (Å²) in [6, 6.07) is 2.78. The van der Waals surface area contributed by atoms with E-state index in [4.69, 9.17) is 16.7 Å². The van der Waals surface area contributed by atoms with Gasteiger partial charge >= 0.3 is 5.97 Å². The fourth-order valence-electron chi connectivity index (χ4n) is 1.78. The number of nitrogens with zero attached hydrogens (tertiary/aromatic N) is 2. The second kappa shape index (κ2) is 6.49. The molecule has 112 valence electrons. The van der Waals surface area contributed by atoms with Crippen molar-refractivity contribution in [2.45, 2.75) is 25.5 Å². The molecule has 1 heterocycles. The van der Waals surface area contributed by atoms with Crippen molar-refractivity contribution in [2.75, 3.05) is 5.75 Å². The van der Waals surface area contributed by atoms with Gasteiger partial charge in [0.25, 0.3) is 0 Å². The van der Waals surface area contributed by atoms with Gasteiger partial charge in [0.15, 0.2) is 5.16 Å². The number of carboxylic acids is 1. The summed E-state index contributed by atoms with van der Waals surface area (Å²) in [6.45, 7) is 4.47. The normalized spacial score (nSPS) is 10.9. The van der Waals surface area contributed by atoms with Crippen molar-refractivity contribution in [3.05, 3.63) is 34.6 Å². The molecule has 1 aromatic carbocycles. The summed E-state index contributed by atoms with van der Waals surface area (Å²) in [7, 11) is 0. The Morgan fingerprint density at radius 1 is 1.52 bits per heavy atom. The summed E-state index contributed by atoms with van der Waals surface area (Å²) >= 11 is 6.93. The molecule has 1 N–H and O–H groups in total. The number of benzene rings is 1. The van der Waals surface area contributed by atoms with Crippen molar-refractivity contribution in [2.24, 2.45) is 0 Å². The van der Waals surface area contributed by atoms with Crippen molar-refractivity contribution in [3.8, 4) is 0 Å². The SMILES string of the molecule is CC(C)=CCn1c(SCC(=O)O)nc2cc(F)c(Cl)cc21. The first kappa shape index (κ1) is 15.9. The smallest absolute Gasteiger partial charge is 0.313 e. The highest BCUT2D eigenvalue weighted by molar-refractivity contribution is 7.99. The van der Waals surface area contributed by atoms with Crippen LogP contribution in [0.2, 0.25) is 5.02 Å². The fourth-order valence-corrected chi connectivity index (χ4v) is 2.69. The lowest BCUT2D eigenvalue weighted by Crippen LogP contribution is -2.02. The Hall–Kier alpha value is -1.53. The van der Waals surface area contributed by atoms with Crippen LogP contribution in [0.15, 0.2) is 28.9 Å². The lowest BCUT2D eigenvalue weighted by molar-refractivity contribution is -0.133. The highest BCUT2D eigenvalue weighted by Crippen LogP contribution is 2.28. The number of carboxylic acid groups (broad SMARTS) is 1. The monoisotopic (exact) mass is 328 g/mol. The zero-order valence-electron chi connectivity index (χ0n) is 11.6. The first-order chi connectivity index (χ1) is 9.88. The molecule has 2 rings (SSSR count). The Kier molecular flexibility index (Phi) is 4.90. The maximum absolute atomic E-state index is 13.5. The molecule has 0 atom stereocenters. The Morgan fingerprint density at radius 3 is 2.86 bits per heavy atom. The van der Waals surface area contributed by atoms with E-state index in [0.29, 0.717) is 22.7 Å². The van der Waals surface area contributed by atoms with Gasteiger partial charge in [0, 0.05) is 12.6 Å². The zero-order chi connectivity index (χ0) is 15.6.